The molecule has 0 aliphatic carbocycles. The van der Waals surface area contributed by atoms with Crippen LogP contribution in [0.3, 0.4) is 0 Å². The van der Waals surface area contributed by atoms with Crippen LogP contribution in [-0.4, -0.2) is 28.0 Å². The van der Waals surface area contributed by atoms with Crippen molar-refractivity contribution >= 4 is 40.0 Å². The zero-order chi connectivity index (χ0) is 28.5. The van der Waals surface area contributed by atoms with Crippen molar-refractivity contribution in [2.45, 2.75) is 40.6 Å². The van der Waals surface area contributed by atoms with Crippen molar-refractivity contribution in [3.63, 3.8) is 0 Å². The number of nitrogens with zero attached hydrogens (tertiary/aromatic N) is 2. The van der Waals surface area contributed by atoms with Gasteiger partial charge in [0, 0.05) is 17.3 Å². The Morgan fingerprint density at radius 2 is 1.79 bits per heavy atom. The minimum atomic E-state index is -4.79. The largest absolute Gasteiger partial charge is 0.573 e. The lowest BCUT2D eigenvalue weighted by Gasteiger charge is -2.18. The molecule has 2 amide bonds. The predicted molar refractivity (Wildman–Crippen MR) is 143 cm³/mol. The first-order chi connectivity index (χ1) is 18.2. The Hall–Kier alpha value is -4.05. The van der Waals surface area contributed by atoms with E-state index in [1.165, 1.54) is 18.2 Å². The third kappa shape index (κ3) is 6.51. The Bertz CT molecular complexity index is 1560. The van der Waals surface area contributed by atoms with Crippen molar-refractivity contribution in [1.82, 2.24) is 15.1 Å². The molecular formula is C28H26ClF3N4O3. The normalized spacial score (nSPS) is 11.9. The number of carbonyl (C=O) groups excluding carboxylic acids is 2. The molecule has 204 valence electrons. The van der Waals surface area contributed by atoms with Crippen LogP contribution in [0, 0.1) is 12.3 Å². The summed E-state index contributed by atoms with van der Waals surface area (Å²) in [6, 6.07) is 14.2. The van der Waals surface area contributed by atoms with Crippen molar-refractivity contribution in [3.8, 4) is 11.4 Å². The molecule has 0 saturated heterocycles. The number of aryl methyl sites for hydroxylation is 1. The molecule has 1 heterocycles. The standard InChI is InChI=1S/C28H26ClF3N4O3/c1-16-12-18(39-28(30,31)32)9-11-23(16)36-24-7-5-6-22(20(24)15-34-36)35-25(37)19-13-17(8-10-21(19)29)14-33-26(38)27(2,3)4/h5-13,15H,14H2,1-4H3,(H,33,38)(H,35,37). The molecule has 1 aromatic heterocycles. The molecule has 0 unspecified atom stereocenters. The molecule has 0 spiro atoms. The highest BCUT2D eigenvalue weighted by Gasteiger charge is 2.31. The second-order valence-electron chi connectivity index (χ2n) is 9.99. The van der Waals surface area contributed by atoms with Gasteiger partial charge < -0.3 is 15.4 Å². The molecule has 0 atom stereocenters. The van der Waals surface area contributed by atoms with Gasteiger partial charge in [0.1, 0.15) is 5.75 Å². The molecule has 4 aromatic rings. The summed E-state index contributed by atoms with van der Waals surface area (Å²) in [5.41, 5.74) is 2.56. The average Bonchev–Trinajstić information content (AvgIpc) is 3.26. The fourth-order valence-corrected chi connectivity index (χ4v) is 4.11. The van der Waals surface area contributed by atoms with Crippen molar-refractivity contribution in [3.05, 3.63) is 82.5 Å². The van der Waals surface area contributed by atoms with Crippen LogP contribution in [0.2, 0.25) is 5.02 Å². The van der Waals surface area contributed by atoms with Gasteiger partial charge in [0.05, 0.1) is 33.7 Å². The Balaban J connectivity index is 1.58. The van der Waals surface area contributed by atoms with E-state index in [-0.39, 0.29) is 28.8 Å². The number of nitrogens with one attached hydrogen (secondary N) is 2. The molecule has 0 saturated carbocycles. The van der Waals surface area contributed by atoms with Gasteiger partial charge in [-0.25, -0.2) is 4.68 Å². The van der Waals surface area contributed by atoms with Crippen molar-refractivity contribution < 1.29 is 27.5 Å². The van der Waals surface area contributed by atoms with Crippen LogP contribution in [0.4, 0.5) is 18.9 Å². The lowest BCUT2D eigenvalue weighted by molar-refractivity contribution is -0.274. The maximum atomic E-state index is 13.2. The van der Waals surface area contributed by atoms with E-state index in [9.17, 15) is 22.8 Å². The maximum absolute atomic E-state index is 13.2. The van der Waals surface area contributed by atoms with E-state index >= 15 is 0 Å². The number of rotatable bonds is 6. The number of carbonyl (C=O) groups is 2. The monoisotopic (exact) mass is 558 g/mol. The topological polar surface area (TPSA) is 85.2 Å². The van der Waals surface area contributed by atoms with Gasteiger partial charge in [0.2, 0.25) is 5.91 Å². The summed E-state index contributed by atoms with van der Waals surface area (Å²) in [7, 11) is 0. The van der Waals surface area contributed by atoms with Gasteiger partial charge in [-0.2, -0.15) is 5.10 Å². The van der Waals surface area contributed by atoms with Crippen LogP contribution in [0.15, 0.2) is 60.8 Å². The van der Waals surface area contributed by atoms with Crippen LogP contribution in [-0.2, 0) is 11.3 Å². The van der Waals surface area contributed by atoms with Gasteiger partial charge >= 0.3 is 6.36 Å². The summed E-state index contributed by atoms with van der Waals surface area (Å²) in [4.78, 5) is 25.4. The highest BCUT2D eigenvalue weighted by Crippen LogP contribution is 2.30. The number of fused-ring (bicyclic) bond motifs is 1. The predicted octanol–water partition coefficient (Wildman–Crippen LogP) is 6.80. The van der Waals surface area contributed by atoms with E-state index < -0.39 is 17.7 Å². The summed E-state index contributed by atoms with van der Waals surface area (Å²) in [6.07, 6.45) is -3.23. The lowest BCUT2D eigenvalue weighted by atomic mass is 9.95. The Morgan fingerprint density at radius 3 is 2.46 bits per heavy atom. The number of hydrogen-bond acceptors (Lipinski definition) is 4. The van der Waals surface area contributed by atoms with Gasteiger partial charge in [-0.3, -0.25) is 9.59 Å². The fourth-order valence-electron chi connectivity index (χ4n) is 3.91. The van der Waals surface area contributed by atoms with E-state index in [1.807, 2.05) is 20.8 Å². The van der Waals surface area contributed by atoms with Crippen molar-refractivity contribution in [2.75, 3.05) is 5.32 Å². The summed E-state index contributed by atoms with van der Waals surface area (Å²) >= 11 is 6.32. The van der Waals surface area contributed by atoms with E-state index in [0.29, 0.717) is 33.4 Å². The highest BCUT2D eigenvalue weighted by molar-refractivity contribution is 6.34. The second-order valence-corrected chi connectivity index (χ2v) is 10.4. The number of aromatic nitrogens is 2. The summed E-state index contributed by atoms with van der Waals surface area (Å²) in [5.74, 6) is -0.899. The Kier molecular flexibility index (Phi) is 7.61. The van der Waals surface area contributed by atoms with E-state index in [2.05, 4.69) is 20.5 Å². The van der Waals surface area contributed by atoms with Crippen LogP contribution in [0.1, 0.15) is 42.3 Å². The number of anilines is 1. The van der Waals surface area contributed by atoms with Crippen LogP contribution < -0.4 is 15.4 Å². The zero-order valence-electron chi connectivity index (χ0n) is 21.6. The average molecular weight is 559 g/mol. The molecule has 4 rings (SSSR count). The van der Waals surface area contributed by atoms with Gasteiger partial charge in [-0.05, 0) is 60.5 Å². The SMILES string of the molecule is Cc1cc(OC(F)(F)F)ccc1-n1ncc2c(NC(=O)c3cc(CNC(=O)C(C)(C)C)ccc3Cl)cccc21. The van der Waals surface area contributed by atoms with E-state index in [0.717, 1.165) is 0 Å². The molecule has 0 aliphatic heterocycles. The van der Waals surface area contributed by atoms with Gasteiger partial charge in [0.15, 0.2) is 0 Å². The minimum Gasteiger partial charge on any atom is -0.406 e. The number of alkyl halides is 3. The highest BCUT2D eigenvalue weighted by atomic mass is 35.5. The number of halogens is 4. The van der Waals surface area contributed by atoms with Crippen molar-refractivity contribution in [1.29, 1.82) is 0 Å². The maximum Gasteiger partial charge on any atom is 0.573 e. The molecule has 0 aliphatic rings. The summed E-state index contributed by atoms with van der Waals surface area (Å²) in [6.45, 7) is 7.32. The third-order valence-electron chi connectivity index (χ3n) is 5.90. The number of amides is 2. The van der Waals surface area contributed by atoms with Gasteiger partial charge in [0.25, 0.3) is 5.91 Å². The fraction of sp³-hybridized carbons (Fsp3) is 0.250. The second kappa shape index (κ2) is 10.6. The molecule has 2 N–H and O–H groups in total. The molecule has 0 bridgehead atoms. The Labute approximate surface area is 227 Å². The quantitative estimate of drug-likeness (QED) is 0.272. The summed E-state index contributed by atoms with van der Waals surface area (Å²) in [5, 5.41) is 11.0. The molecular weight excluding hydrogens is 533 g/mol. The first-order valence-electron chi connectivity index (χ1n) is 11.9. The molecule has 11 heteroatoms. The minimum absolute atomic E-state index is 0.120. The molecule has 3 aromatic carbocycles. The van der Waals surface area contributed by atoms with E-state index in [4.69, 9.17) is 11.6 Å². The number of benzene rings is 3. The zero-order valence-corrected chi connectivity index (χ0v) is 22.4. The molecule has 0 radical (unpaired) electrons. The molecule has 7 nitrogen and oxygen atoms in total. The lowest BCUT2D eigenvalue weighted by Crippen LogP contribution is -2.34. The Morgan fingerprint density at radius 1 is 1.05 bits per heavy atom. The molecule has 0 fully saturated rings. The van der Waals surface area contributed by atoms with Crippen LogP contribution in [0.25, 0.3) is 16.6 Å². The first kappa shape index (κ1) is 28.0. The van der Waals surface area contributed by atoms with Crippen LogP contribution >= 0.6 is 11.6 Å². The van der Waals surface area contributed by atoms with Gasteiger partial charge in [-0.15, -0.1) is 13.2 Å². The summed E-state index contributed by atoms with van der Waals surface area (Å²) < 4.78 is 43.3. The van der Waals surface area contributed by atoms with Gasteiger partial charge in [-0.1, -0.05) is 44.5 Å². The smallest absolute Gasteiger partial charge is 0.406 e. The van der Waals surface area contributed by atoms with E-state index in [1.54, 1.807) is 54.2 Å². The number of ether oxygens (including phenoxy) is 1. The number of hydrogen-bond donors (Lipinski definition) is 2. The van der Waals surface area contributed by atoms with Crippen molar-refractivity contribution in [2.24, 2.45) is 5.41 Å². The molecule has 39 heavy (non-hydrogen) atoms. The first-order valence-corrected chi connectivity index (χ1v) is 12.3. The van der Waals surface area contributed by atoms with Crippen LogP contribution in [0.5, 0.6) is 5.75 Å². The third-order valence-corrected chi connectivity index (χ3v) is 6.23.